The van der Waals surface area contributed by atoms with Gasteiger partial charge in [0.1, 0.15) is 12.4 Å². The average Bonchev–Trinajstić information content (AvgIpc) is 2.75. The molecule has 0 saturated carbocycles. The number of anilines is 1. The van der Waals surface area contributed by atoms with Crippen molar-refractivity contribution in [2.45, 2.75) is 6.61 Å². The zero-order chi connectivity index (χ0) is 19.2. The fourth-order valence-corrected chi connectivity index (χ4v) is 3.09. The molecule has 28 heavy (non-hydrogen) atoms. The van der Waals surface area contributed by atoms with Gasteiger partial charge in [-0.3, -0.25) is 5.43 Å². The highest BCUT2D eigenvalue weighted by atomic mass is 35.5. The van der Waals surface area contributed by atoms with Gasteiger partial charge in [0.05, 0.1) is 11.9 Å². The molecule has 0 atom stereocenters. The SMILES string of the molecule is Clc1ccc(NN=Cc2c(OCc3ccccc3)ccc3ccccc23)cc1. The molecule has 138 valence electrons. The second-order valence-corrected chi connectivity index (χ2v) is 6.79. The Morgan fingerprint density at radius 1 is 0.821 bits per heavy atom. The average molecular weight is 387 g/mol. The number of nitrogens with one attached hydrogen (secondary N) is 1. The standard InChI is InChI=1S/C24H19ClN2O/c25-20-11-13-21(14-12-20)27-26-16-23-22-9-5-4-8-19(22)10-15-24(23)28-17-18-6-2-1-3-7-18/h1-16,27H,17H2. The van der Waals surface area contributed by atoms with Crippen LogP contribution in [-0.2, 0) is 6.61 Å². The predicted octanol–water partition coefficient (Wildman–Crippen LogP) is 6.52. The Hall–Kier alpha value is -3.30. The largest absolute Gasteiger partial charge is 0.488 e. The van der Waals surface area contributed by atoms with E-state index in [1.54, 1.807) is 6.21 Å². The molecule has 4 aromatic carbocycles. The molecule has 0 unspecified atom stereocenters. The van der Waals surface area contributed by atoms with Crippen LogP contribution in [0.15, 0.2) is 96.1 Å². The summed E-state index contributed by atoms with van der Waals surface area (Å²) >= 11 is 5.93. The third-order valence-electron chi connectivity index (χ3n) is 4.40. The highest BCUT2D eigenvalue weighted by molar-refractivity contribution is 6.30. The fourth-order valence-electron chi connectivity index (χ4n) is 2.97. The quantitative estimate of drug-likeness (QED) is 0.302. The lowest BCUT2D eigenvalue weighted by Crippen LogP contribution is -2.00. The number of hydrogen-bond acceptors (Lipinski definition) is 3. The lowest BCUT2D eigenvalue weighted by molar-refractivity contribution is 0.306. The fraction of sp³-hybridized carbons (Fsp3) is 0.0417. The van der Waals surface area contributed by atoms with E-state index >= 15 is 0 Å². The zero-order valence-corrected chi connectivity index (χ0v) is 15.9. The third-order valence-corrected chi connectivity index (χ3v) is 4.65. The Labute approximate surface area is 169 Å². The molecule has 0 aromatic heterocycles. The van der Waals surface area contributed by atoms with Crippen LogP contribution in [0, 0.1) is 0 Å². The molecular formula is C24H19ClN2O. The third kappa shape index (κ3) is 4.33. The molecule has 0 bridgehead atoms. The number of halogens is 1. The van der Waals surface area contributed by atoms with E-state index in [9.17, 15) is 0 Å². The van der Waals surface area contributed by atoms with Gasteiger partial charge in [0, 0.05) is 10.6 Å². The van der Waals surface area contributed by atoms with E-state index < -0.39 is 0 Å². The second kappa shape index (κ2) is 8.59. The lowest BCUT2D eigenvalue weighted by Gasteiger charge is -2.12. The van der Waals surface area contributed by atoms with Crippen molar-refractivity contribution in [2.75, 3.05) is 5.43 Å². The van der Waals surface area contributed by atoms with Gasteiger partial charge in [-0.15, -0.1) is 0 Å². The minimum absolute atomic E-state index is 0.505. The number of nitrogens with zero attached hydrogens (tertiary/aromatic N) is 1. The molecule has 0 heterocycles. The summed E-state index contributed by atoms with van der Waals surface area (Å²) < 4.78 is 6.11. The van der Waals surface area contributed by atoms with Crippen molar-refractivity contribution < 1.29 is 4.74 Å². The molecular weight excluding hydrogens is 368 g/mol. The Morgan fingerprint density at radius 2 is 1.57 bits per heavy atom. The van der Waals surface area contributed by atoms with Crippen molar-refractivity contribution in [1.82, 2.24) is 0 Å². The summed E-state index contributed by atoms with van der Waals surface area (Å²) in [5.41, 5.74) is 5.97. The molecule has 3 nitrogen and oxygen atoms in total. The smallest absolute Gasteiger partial charge is 0.129 e. The maximum Gasteiger partial charge on any atom is 0.129 e. The van der Waals surface area contributed by atoms with Gasteiger partial charge in [0.15, 0.2) is 0 Å². The van der Waals surface area contributed by atoms with Crippen LogP contribution in [0.1, 0.15) is 11.1 Å². The van der Waals surface area contributed by atoms with Crippen LogP contribution in [-0.4, -0.2) is 6.21 Å². The van der Waals surface area contributed by atoms with Crippen LogP contribution in [0.5, 0.6) is 5.75 Å². The predicted molar refractivity (Wildman–Crippen MR) is 117 cm³/mol. The first-order chi connectivity index (χ1) is 13.8. The summed E-state index contributed by atoms with van der Waals surface area (Å²) in [7, 11) is 0. The number of ether oxygens (including phenoxy) is 1. The van der Waals surface area contributed by atoms with E-state index in [0.717, 1.165) is 33.3 Å². The zero-order valence-electron chi connectivity index (χ0n) is 15.2. The van der Waals surface area contributed by atoms with Crippen LogP contribution in [0.3, 0.4) is 0 Å². The summed E-state index contributed by atoms with van der Waals surface area (Å²) in [5, 5.41) is 7.34. The van der Waals surface area contributed by atoms with Crippen LogP contribution >= 0.6 is 11.6 Å². The molecule has 1 N–H and O–H groups in total. The summed E-state index contributed by atoms with van der Waals surface area (Å²) in [6.45, 7) is 0.505. The maximum absolute atomic E-state index is 6.11. The van der Waals surface area contributed by atoms with Crippen LogP contribution in [0.4, 0.5) is 5.69 Å². The first-order valence-corrected chi connectivity index (χ1v) is 9.40. The molecule has 0 radical (unpaired) electrons. The highest BCUT2D eigenvalue weighted by Gasteiger charge is 2.07. The second-order valence-electron chi connectivity index (χ2n) is 6.35. The number of rotatable bonds is 6. The van der Waals surface area contributed by atoms with E-state index in [0.29, 0.717) is 11.6 Å². The first kappa shape index (κ1) is 18.1. The van der Waals surface area contributed by atoms with Crippen molar-refractivity contribution in [3.63, 3.8) is 0 Å². The Balaban J connectivity index is 1.61. The Bertz CT molecular complexity index is 1090. The van der Waals surface area contributed by atoms with Crippen LogP contribution in [0.25, 0.3) is 10.8 Å². The van der Waals surface area contributed by atoms with E-state index in [2.05, 4.69) is 40.9 Å². The minimum Gasteiger partial charge on any atom is -0.488 e. The monoisotopic (exact) mass is 386 g/mol. The Morgan fingerprint density at radius 3 is 2.39 bits per heavy atom. The first-order valence-electron chi connectivity index (χ1n) is 9.03. The van der Waals surface area contributed by atoms with Gasteiger partial charge < -0.3 is 4.74 Å². The molecule has 4 aromatic rings. The highest BCUT2D eigenvalue weighted by Crippen LogP contribution is 2.27. The number of benzene rings is 4. The molecule has 0 aliphatic rings. The molecule has 0 spiro atoms. The van der Waals surface area contributed by atoms with Gasteiger partial charge in [-0.25, -0.2) is 0 Å². The molecule has 4 rings (SSSR count). The van der Waals surface area contributed by atoms with Gasteiger partial charge in [-0.1, -0.05) is 72.3 Å². The summed E-state index contributed by atoms with van der Waals surface area (Å²) in [4.78, 5) is 0. The summed E-state index contributed by atoms with van der Waals surface area (Å²) in [6, 6.07) is 29.8. The Kier molecular flexibility index (Phi) is 5.55. The van der Waals surface area contributed by atoms with Gasteiger partial charge in [-0.05, 0) is 46.7 Å². The lowest BCUT2D eigenvalue weighted by atomic mass is 10.0. The van der Waals surface area contributed by atoms with Crippen molar-refractivity contribution in [3.05, 3.63) is 107 Å². The molecule has 0 saturated heterocycles. The van der Waals surface area contributed by atoms with E-state index in [4.69, 9.17) is 16.3 Å². The number of hydrogen-bond donors (Lipinski definition) is 1. The van der Waals surface area contributed by atoms with Crippen molar-refractivity contribution in [3.8, 4) is 5.75 Å². The van der Waals surface area contributed by atoms with Crippen molar-refractivity contribution >= 4 is 34.3 Å². The van der Waals surface area contributed by atoms with Gasteiger partial charge in [0.25, 0.3) is 0 Å². The molecule has 0 aliphatic heterocycles. The van der Waals surface area contributed by atoms with E-state index in [1.807, 2.05) is 60.7 Å². The maximum atomic E-state index is 6.11. The molecule has 0 amide bonds. The van der Waals surface area contributed by atoms with Gasteiger partial charge >= 0.3 is 0 Å². The van der Waals surface area contributed by atoms with Gasteiger partial charge in [0.2, 0.25) is 0 Å². The van der Waals surface area contributed by atoms with E-state index in [-0.39, 0.29) is 0 Å². The molecule has 0 fully saturated rings. The van der Waals surface area contributed by atoms with Crippen molar-refractivity contribution in [1.29, 1.82) is 0 Å². The van der Waals surface area contributed by atoms with Crippen LogP contribution < -0.4 is 10.2 Å². The summed E-state index contributed by atoms with van der Waals surface area (Å²) in [6.07, 6.45) is 1.80. The topological polar surface area (TPSA) is 33.6 Å². The van der Waals surface area contributed by atoms with E-state index in [1.165, 1.54) is 0 Å². The summed E-state index contributed by atoms with van der Waals surface area (Å²) in [5.74, 6) is 0.796. The van der Waals surface area contributed by atoms with Crippen LogP contribution in [0.2, 0.25) is 5.02 Å². The molecule has 0 aliphatic carbocycles. The number of hydrazone groups is 1. The molecule has 4 heteroatoms. The normalized spacial score (nSPS) is 11.0. The minimum atomic E-state index is 0.505. The van der Waals surface area contributed by atoms with Gasteiger partial charge in [-0.2, -0.15) is 5.10 Å². The number of fused-ring (bicyclic) bond motifs is 1. The van der Waals surface area contributed by atoms with Crippen molar-refractivity contribution in [2.24, 2.45) is 5.10 Å².